The van der Waals surface area contributed by atoms with Gasteiger partial charge >= 0.3 is 0 Å². The molecule has 1 atom stereocenters. The van der Waals surface area contributed by atoms with E-state index < -0.39 is 0 Å². The van der Waals surface area contributed by atoms with Gasteiger partial charge in [0.2, 0.25) is 0 Å². The highest BCUT2D eigenvalue weighted by Gasteiger charge is 2.09. The Hall–Kier alpha value is -1.64. The minimum absolute atomic E-state index is 0.417. The monoisotopic (exact) mass is 233 g/mol. The van der Waals surface area contributed by atoms with Crippen LogP contribution in [-0.4, -0.2) is 20.3 Å². The highest BCUT2D eigenvalue weighted by Crippen LogP contribution is 2.27. The van der Waals surface area contributed by atoms with E-state index in [-0.39, 0.29) is 0 Å². The molecule has 0 heterocycles. The first-order chi connectivity index (χ1) is 8.31. The van der Waals surface area contributed by atoms with Crippen molar-refractivity contribution in [3.63, 3.8) is 0 Å². The van der Waals surface area contributed by atoms with E-state index in [0.29, 0.717) is 6.04 Å². The molecule has 0 saturated heterocycles. The standard InChI is InChI=1S/C14H19NO2/c1-16-13-8-12(9-14(10-13)17-2)15-11-6-4-3-5-7-11/h4,6,8-11,15H,3,5,7H2,1-2H3. The molecule has 1 aromatic carbocycles. The van der Waals surface area contributed by atoms with Gasteiger partial charge < -0.3 is 14.8 Å². The van der Waals surface area contributed by atoms with Crippen molar-refractivity contribution in [3.05, 3.63) is 30.4 Å². The Labute approximate surface area is 102 Å². The fraction of sp³-hybridized carbons (Fsp3) is 0.429. The summed E-state index contributed by atoms with van der Waals surface area (Å²) in [7, 11) is 3.33. The molecule has 1 N–H and O–H groups in total. The molecule has 0 saturated carbocycles. The normalized spacial score (nSPS) is 18.8. The molecule has 3 heteroatoms. The molecule has 0 radical (unpaired) electrons. The van der Waals surface area contributed by atoms with Crippen molar-refractivity contribution in [3.8, 4) is 11.5 Å². The van der Waals surface area contributed by atoms with Crippen LogP contribution in [0.5, 0.6) is 11.5 Å². The van der Waals surface area contributed by atoms with E-state index in [1.165, 1.54) is 19.3 Å². The minimum Gasteiger partial charge on any atom is -0.497 e. The zero-order chi connectivity index (χ0) is 12.1. The number of anilines is 1. The first-order valence-corrected chi connectivity index (χ1v) is 5.98. The predicted octanol–water partition coefficient (Wildman–Crippen LogP) is 3.22. The molecule has 3 nitrogen and oxygen atoms in total. The molecule has 0 aliphatic heterocycles. The molecular formula is C14H19NO2. The largest absolute Gasteiger partial charge is 0.497 e. The van der Waals surface area contributed by atoms with Gasteiger partial charge in [0.15, 0.2) is 0 Å². The van der Waals surface area contributed by atoms with Gasteiger partial charge in [-0.2, -0.15) is 0 Å². The maximum Gasteiger partial charge on any atom is 0.124 e. The van der Waals surface area contributed by atoms with Crippen LogP contribution in [0.15, 0.2) is 30.4 Å². The first-order valence-electron chi connectivity index (χ1n) is 5.98. The maximum atomic E-state index is 5.25. The Bertz CT molecular complexity index is 379. The Morgan fingerprint density at radius 3 is 2.35 bits per heavy atom. The van der Waals surface area contributed by atoms with Crippen LogP contribution in [-0.2, 0) is 0 Å². The quantitative estimate of drug-likeness (QED) is 0.810. The molecule has 92 valence electrons. The summed E-state index contributed by atoms with van der Waals surface area (Å²) in [6.07, 6.45) is 8.08. The van der Waals surface area contributed by atoms with Gasteiger partial charge in [-0.3, -0.25) is 0 Å². The van der Waals surface area contributed by atoms with E-state index in [1.54, 1.807) is 14.2 Å². The molecule has 0 amide bonds. The summed E-state index contributed by atoms with van der Waals surface area (Å²) in [6, 6.07) is 6.28. The van der Waals surface area contributed by atoms with E-state index in [4.69, 9.17) is 9.47 Å². The molecule has 0 fully saturated rings. The average Bonchev–Trinajstić information content (AvgIpc) is 2.39. The minimum atomic E-state index is 0.417. The SMILES string of the molecule is COc1cc(NC2C=CCCC2)cc(OC)c1. The Morgan fingerprint density at radius 1 is 1.12 bits per heavy atom. The van der Waals surface area contributed by atoms with Crippen molar-refractivity contribution >= 4 is 5.69 Å². The summed E-state index contributed by atoms with van der Waals surface area (Å²) in [4.78, 5) is 0. The third-order valence-electron chi connectivity index (χ3n) is 2.96. The molecule has 0 spiro atoms. The second-order valence-electron chi connectivity index (χ2n) is 4.21. The van der Waals surface area contributed by atoms with E-state index >= 15 is 0 Å². The molecule has 1 aliphatic carbocycles. The number of rotatable bonds is 4. The van der Waals surface area contributed by atoms with Crippen molar-refractivity contribution in [2.75, 3.05) is 19.5 Å². The van der Waals surface area contributed by atoms with Crippen LogP contribution < -0.4 is 14.8 Å². The maximum absolute atomic E-state index is 5.25. The number of nitrogens with one attached hydrogen (secondary N) is 1. The van der Waals surface area contributed by atoms with Crippen LogP contribution in [0.25, 0.3) is 0 Å². The number of allylic oxidation sites excluding steroid dienone is 1. The second kappa shape index (κ2) is 5.62. The molecule has 0 aromatic heterocycles. The summed E-state index contributed by atoms with van der Waals surface area (Å²) >= 11 is 0. The van der Waals surface area contributed by atoms with Crippen molar-refractivity contribution < 1.29 is 9.47 Å². The topological polar surface area (TPSA) is 30.5 Å². The highest BCUT2D eigenvalue weighted by atomic mass is 16.5. The fourth-order valence-corrected chi connectivity index (χ4v) is 2.04. The van der Waals surface area contributed by atoms with Gasteiger partial charge in [0, 0.05) is 29.9 Å². The van der Waals surface area contributed by atoms with Gasteiger partial charge in [0.25, 0.3) is 0 Å². The van der Waals surface area contributed by atoms with Gasteiger partial charge in [-0.1, -0.05) is 12.2 Å². The molecule has 17 heavy (non-hydrogen) atoms. The zero-order valence-electron chi connectivity index (χ0n) is 10.4. The summed E-state index contributed by atoms with van der Waals surface area (Å²) in [6.45, 7) is 0. The van der Waals surface area contributed by atoms with Crippen LogP contribution in [0.1, 0.15) is 19.3 Å². The van der Waals surface area contributed by atoms with E-state index in [0.717, 1.165) is 17.2 Å². The predicted molar refractivity (Wildman–Crippen MR) is 69.9 cm³/mol. The van der Waals surface area contributed by atoms with Gasteiger partial charge in [-0.05, 0) is 19.3 Å². The lowest BCUT2D eigenvalue weighted by Crippen LogP contribution is -2.18. The Morgan fingerprint density at radius 2 is 1.82 bits per heavy atom. The molecule has 1 unspecified atom stereocenters. The number of hydrogen-bond acceptors (Lipinski definition) is 3. The highest BCUT2D eigenvalue weighted by molar-refractivity contribution is 5.54. The van der Waals surface area contributed by atoms with Gasteiger partial charge in [0.1, 0.15) is 11.5 Å². The smallest absolute Gasteiger partial charge is 0.124 e. The molecule has 2 rings (SSSR count). The lowest BCUT2D eigenvalue weighted by molar-refractivity contribution is 0.394. The van der Waals surface area contributed by atoms with E-state index in [1.807, 2.05) is 18.2 Å². The first kappa shape index (κ1) is 11.8. The lowest BCUT2D eigenvalue weighted by atomic mass is 10.0. The van der Waals surface area contributed by atoms with Crippen molar-refractivity contribution in [1.82, 2.24) is 0 Å². The molecule has 1 aromatic rings. The summed E-state index contributed by atoms with van der Waals surface area (Å²) in [5.41, 5.74) is 1.04. The number of methoxy groups -OCH3 is 2. The Balaban J connectivity index is 2.13. The average molecular weight is 233 g/mol. The van der Waals surface area contributed by atoms with Crippen molar-refractivity contribution in [2.45, 2.75) is 25.3 Å². The Kier molecular flexibility index (Phi) is 3.91. The van der Waals surface area contributed by atoms with Gasteiger partial charge in [-0.25, -0.2) is 0 Å². The third kappa shape index (κ3) is 3.16. The summed E-state index contributed by atoms with van der Waals surface area (Å²) in [5, 5.41) is 3.48. The van der Waals surface area contributed by atoms with Crippen LogP contribution >= 0.6 is 0 Å². The number of hydrogen-bond donors (Lipinski definition) is 1. The van der Waals surface area contributed by atoms with Crippen LogP contribution in [0.2, 0.25) is 0 Å². The van der Waals surface area contributed by atoms with E-state index in [2.05, 4.69) is 17.5 Å². The van der Waals surface area contributed by atoms with Gasteiger partial charge in [0.05, 0.1) is 14.2 Å². The zero-order valence-corrected chi connectivity index (χ0v) is 10.4. The third-order valence-corrected chi connectivity index (χ3v) is 2.96. The molecular weight excluding hydrogens is 214 g/mol. The van der Waals surface area contributed by atoms with Crippen molar-refractivity contribution in [1.29, 1.82) is 0 Å². The lowest BCUT2D eigenvalue weighted by Gasteiger charge is -2.20. The summed E-state index contributed by atoms with van der Waals surface area (Å²) in [5.74, 6) is 1.62. The van der Waals surface area contributed by atoms with E-state index in [9.17, 15) is 0 Å². The van der Waals surface area contributed by atoms with Crippen LogP contribution in [0.3, 0.4) is 0 Å². The molecule has 1 aliphatic rings. The fourth-order valence-electron chi connectivity index (χ4n) is 2.04. The van der Waals surface area contributed by atoms with Gasteiger partial charge in [-0.15, -0.1) is 0 Å². The number of ether oxygens (including phenoxy) is 2. The summed E-state index contributed by atoms with van der Waals surface area (Å²) < 4.78 is 10.5. The second-order valence-corrected chi connectivity index (χ2v) is 4.21. The van der Waals surface area contributed by atoms with Crippen molar-refractivity contribution in [2.24, 2.45) is 0 Å². The molecule has 0 bridgehead atoms. The van der Waals surface area contributed by atoms with Crippen LogP contribution in [0.4, 0.5) is 5.69 Å². The number of benzene rings is 1. The van der Waals surface area contributed by atoms with Crippen LogP contribution in [0, 0.1) is 0 Å².